The fourth-order valence-electron chi connectivity index (χ4n) is 0.473. The second kappa shape index (κ2) is 4.66. The molecule has 52 valence electrons. The number of carbonyl (C=O) groups excluding carboxylic acids is 1. The van der Waals surface area contributed by atoms with Gasteiger partial charge >= 0.3 is 18.9 Å². The molecule has 0 N–H and O–H groups in total. The summed E-state index contributed by atoms with van der Waals surface area (Å²) < 4.78 is 0. The minimum absolute atomic E-state index is 0. The van der Waals surface area contributed by atoms with Crippen molar-refractivity contribution in [3.05, 3.63) is 19.1 Å². The van der Waals surface area contributed by atoms with Crippen molar-refractivity contribution in [2.45, 2.75) is 20.8 Å². The zero-order valence-corrected chi connectivity index (χ0v) is 7.27. The third-order valence-corrected chi connectivity index (χ3v) is 1.41. The Balaban J connectivity index is 0. The normalized spacial score (nSPS) is 9.50. The van der Waals surface area contributed by atoms with Crippen molar-refractivity contribution in [1.82, 2.24) is 0 Å². The maximum absolute atomic E-state index is 10.9. The van der Waals surface area contributed by atoms with Crippen LogP contribution in [0, 0.1) is 11.8 Å². The number of carbonyl (C=O) groups is 1. The monoisotopic (exact) mass is 132 g/mol. The van der Waals surface area contributed by atoms with Crippen molar-refractivity contribution in [2.24, 2.45) is 5.41 Å². The van der Waals surface area contributed by atoms with Crippen LogP contribution in [0.25, 0.3) is 0 Å². The smallest absolute Gasteiger partial charge is 0.333 e. The summed E-state index contributed by atoms with van der Waals surface area (Å²) in [5.74, 6) is 0.123. The Hall–Kier alpha value is -0.123. The van der Waals surface area contributed by atoms with Gasteiger partial charge in [-0.3, -0.25) is 0 Å². The standard InChI is InChI=1S/C8H13O.Li/c1-5-7(9)8(3,4)6-2;/h5-6H,2H2,1,3-4H3;/q-1;+1. The summed E-state index contributed by atoms with van der Waals surface area (Å²) in [6, 6.07) is 0. The first-order valence-electron chi connectivity index (χ1n) is 3.02. The van der Waals surface area contributed by atoms with E-state index in [-0.39, 0.29) is 30.1 Å². The van der Waals surface area contributed by atoms with E-state index in [9.17, 15) is 4.79 Å². The molecule has 0 bridgehead atoms. The van der Waals surface area contributed by atoms with Crippen LogP contribution in [0.5, 0.6) is 0 Å². The zero-order valence-electron chi connectivity index (χ0n) is 7.27. The average Bonchev–Trinajstić information content (AvgIpc) is 1.86. The van der Waals surface area contributed by atoms with Crippen LogP contribution in [-0.4, -0.2) is 5.78 Å². The van der Waals surface area contributed by atoms with Gasteiger partial charge in [0.1, 0.15) is 0 Å². The molecule has 0 saturated heterocycles. The number of rotatable bonds is 3. The molecule has 0 spiro atoms. The number of Topliss-reactive ketones (excluding diaryl/α,β-unsaturated/α-hetero) is 1. The largest absolute Gasteiger partial charge is 1.00 e. The number of hydrogen-bond donors (Lipinski definition) is 0. The van der Waals surface area contributed by atoms with Crippen molar-refractivity contribution in [2.75, 3.05) is 0 Å². The molecular formula is C8H13LiO. The molecule has 0 atom stereocenters. The molecule has 0 rings (SSSR count). The Morgan fingerprint density at radius 1 is 1.60 bits per heavy atom. The van der Waals surface area contributed by atoms with E-state index in [0.29, 0.717) is 0 Å². The van der Waals surface area contributed by atoms with E-state index < -0.39 is 0 Å². The fraction of sp³-hybridized carbons (Fsp3) is 0.500. The maximum Gasteiger partial charge on any atom is 1.00 e. The van der Waals surface area contributed by atoms with Gasteiger partial charge in [0.2, 0.25) is 0 Å². The van der Waals surface area contributed by atoms with E-state index in [1.54, 1.807) is 19.4 Å². The Labute approximate surface area is 75.1 Å². The molecule has 0 aromatic rings. The Morgan fingerprint density at radius 3 is 2.10 bits per heavy atom. The van der Waals surface area contributed by atoms with E-state index in [2.05, 4.69) is 6.58 Å². The van der Waals surface area contributed by atoms with Gasteiger partial charge in [-0.1, -0.05) is 19.9 Å². The van der Waals surface area contributed by atoms with Crippen LogP contribution in [0.15, 0.2) is 12.7 Å². The predicted octanol–water partition coefficient (Wildman–Crippen LogP) is -1.00. The number of ketones is 1. The van der Waals surface area contributed by atoms with Gasteiger partial charge in [0.25, 0.3) is 0 Å². The van der Waals surface area contributed by atoms with Gasteiger partial charge in [0.15, 0.2) is 0 Å². The molecule has 1 nitrogen and oxygen atoms in total. The summed E-state index contributed by atoms with van der Waals surface area (Å²) in [5, 5.41) is 0. The molecule has 0 aliphatic rings. The van der Waals surface area contributed by atoms with E-state index in [0.717, 1.165) is 0 Å². The molecule has 0 aromatic carbocycles. The van der Waals surface area contributed by atoms with Crippen LogP contribution < -0.4 is 18.9 Å². The van der Waals surface area contributed by atoms with Crippen LogP contribution in [0.3, 0.4) is 0 Å². The molecule has 0 amide bonds. The second-order valence-electron chi connectivity index (χ2n) is 2.58. The van der Waals surface area contributed by atoms with Gasteiger partial charge in [-0.25, -0.2) is 0 Å². The minimum Gasteiger partial charge on any atom is -0.333 e. The van der Waals surface area contributed by atoms with E-state index >= 15 is 0 Å². The van der Waals surface area contributed by atoms with E-state index in [4.69, 9.17) is 0 Å². The molecule has 2 heteroatoms. The molecule has 10 heavy (non-hydrogen) atoms. The molecule has 0 unspecified atom stereocenters. The Kier molecular flexibility index (Phi) is 5.84. The molecule has 0 radical (unpaired) electrons. The van der Waals surface area contributed by atoms with Crippen molar-refractivity contribution in [3.8, 4) is 0 Å². The summed E-state index contributed by atoms with van der Waals surface area (Å²) in [6.07, 6.45) is 3.23. The Morgan fingerprint density at radius 2 is 2.00 bits per heavy atom. The Bertz CT molecular complexity index is 127. The first-order valence-corrected chi connectivity index (χ1v) is 3.02. The van der Waals surface area contributed by atoms with Crippen molar-refractivity contribution in [3.63, 3.8) is 0 Å². The molecule has 0 saturated carbocycles. The molecule has 0 heterocycles. The summed E-state index contributed by atoms with van der Waals surface area (Å²) in [5.41, 5.74) is -0.380. The third-order valence-electron chi connectivity index (χ3n) is 1.41. The quantitative estimate of drug-likeness (QED) is 0.273. The predicted molar refractivity (Wildman–Crippen MR) is 39.0 cm³/mol. The first kappa shape index (κ1) is 12.5. The summed E-state index contributed by atoms with van der Waals surface area (Å²) in [4.78, 5) is 10.9. The van der Waals surface area contributed by atoms with Crippen LogP contribution >= 0.6 is 0 Å². The van der Waals surface area contributed by atoms with Gasteiger partial charge in [-0.05, 0) is 0 Å². The van der Waals surface area contributed by atoms with E-state index in [1.807, 2.05) is 13.8 Å². The number of hydrogen-bond acceptors (Lipinski definition) is 1. The third kappa shape index (κ3) is 3.15. The minimum atomic E-state index is -0.380. The molecular weight excluding hydrogens is 119 g/mol. The van der Waals surface area contributed by atoms with Gasteiger partial charge in [-0.2, -0.15) is 6.92 Å². The summed E-state index contributed by atoms with van der Waals surface area (Å²) in [7, 11) is 0. The number of allylic oxidation sites excluding steroid dienone is 1. The van der Waals surface area contributed by atoms with Crippen molar-refractivity contribution >= 4 is 5.78 Å². The van der Waals surface area contributed by atoms with Gasteiger partial charge < -0.3 is 11.2 Å². The fourth-order valence-corrected chi connectivity index (χ4v) is 0.473. The van der Waals surface area contributed by atoms with Crippen molar-refractivity contribution in [1.29, 1.82) is 0 Å². The van der Waals surface area contributed by atoms with Gasteiger partial charge in [-0.15, -0.1) is 6.58 Å². The summed E-state index contributed by atoms with van der Waals surface area (Å²) >= 11 is 0. The van der Waals surface area contributed by atoms with Gasteiger partial charge in [0, 0.05) is 11.2 Å². The first-order chi connectivity index (χ1) is 4.04. The second-order valence-corrected chi connectivity index (χ2v) is 2.58. The molecule has 0 fully saturated rings. The topological polar surface area (TPSA) is 17.1 Å². The zero-order chi connectivity index (χ0) is 7.49. The van der Waals surface area contributed by atoms with Crippen molar-refractivity contribution < 1.29 is 23.7 Å². The van der Waals surface area contributed by atoms with E-state index in [1.165, 1.54) is 0 Å². The van der Waals surface area contributed by atoms with Crippen LogP contribution in [0.2, 0.25) is 0 Å². The molecule has 0 aliphatic carbocycles. The SMILES string of the molecule is C=CC(C)(C)C(=O)[CH-]C.[Li+]. The van der Waals surface area contributed by atoms with Crippen LogP contribution in [-0.2, 0) is 4.79 Å². The molecule has 0 aliphatic heterocycles. The maximum atomic E-state index is 10.9. The van der Waals surface area contributed by atoms with Crippen LogP contribution in [0.4, 0.5) is 0 Å². The molecule has 0 aromatic heterocycles. The summed E-state index contributed by atoms with van der Waals surface area (Å²) in [6.45, 7) is 9.00. The average molecular weight is 132 g/mol. The van der Waals surface area contributed by atoms with Crippen LogP contribution in [0.1, 0.15) is 20.8 Å². The van der Waals surface area contributed by atoms with Gasteiger partial charge in [0.05, 0.1) is 0 Å².